The molecule has 1 heterocycles. The van der Waals surface area contributed by atoms with Gasteiger partial charge in [0.25, 0.3) is 0 Å². The summed E-state index contributed by atoms with van der Waals surface area (Å²) in [6, 6.07) is 8.57. The number of nitrogens with one attached hydrogen (secondary N) is 2. The highest BCUT2D eigenvalue weighted by atomic mass is 16.6. The number of hydrogen-bond donors (Lipinski definition) is 3. The number of amides is 1. The van der Waals surface area contributed by atoms with E-state index < -0.39 is 11.7 Å². The highest BCUT2D eigenvalue weighted by Crippen LogP contribution is 2.31. The van der Waals surface area contributed by atoms with Gasteiger partial charge in [-0.15, -0.1) is 0 Å². The van der Waals surface area contributed by atoms with Crippen LogP contribution in [0.25, 0.3) is 0 Å². The average molecular weight is 330 g/mol. The van der Waals surface area contributed by atoms with Gasteiger partial charge >= 0.3 is 6.09 Å². The van der Waals surface area contributed by atoms with Crippen molar-refractivity contribution in [3.8, 4) is 11.5 Å². The van der Waals surface area contributed by atoms with Gasteiger partial charge in [-0.05, 0) is 45.0 Å². The summed E-state index contributed by atoms with van der Waals surface area (Å²) in [5.74, 6) is 1.64. The zero-order valence-corrected chi connectivity index (χ0v) is 14.2. The maximum absolute atomic E-state index is 11.7. The molecule has 0 radical (unpaired) electrons. The lowest BCUT2D eigenvalue weighted by molar-refractivity contribution is 0.0636. The molecule has 1 aromatic heterocycles. The van der Waals surface area contributed by atoms with E-state index in [1.807, 2.05) is 20.8 Å². The molecule has 1 amide bonds. The molecule has 0 bridgehead atoms. The van der Waals surface area contributed by atoms with E-state index in [4.69, 9.17) is 15.2 Å². The fourth-order valence-electron chi connectivity index (χ4n) is 1.90. The van der Waals surface area contributed by atoms with Crippen LogP contribution in [0.15, 0.2) is 36.5 Å². The maximum atomic E-state index is 11.7. The molecule has 0 saturated heterocycles. The fraction of sp³-hybridized carbons (Fsp3) is 0.294. The summed E-state index contributed by atoms with van der Waals surface area (Å²) >= 11 is 0. The van der Waals surface area contributed by atoms with Crippen molar-refractivity contribution in [3.05, 3.63) is 36.5 Å². The summed E-state index contributed by atoms with van der Waals surface area (Å²) in [6.07, 6.45) is 1.10. The van der Waals surface area contributed by atoms with Gasteiger partial charge in [-0.3, -0.25) is 5.32 Å². The Bertz CT molecular complexity index is 709. The second kappa shape index (κ2) is 7.08. The minimum atomic E-state index is -0.545. The Morgan fingerprint density at radius 2 is 1.83 bits per heavy atom. The minimum absolute atomic E-state index is 0.427. The first-order chi connectivity index (χ1) is 11.3. The number of rotatable bonds is 4. The molecule has 7 heteroatoms. The third-order valence-electron chi connectivity index (χ3n) is 2.91. The van der Waals surface area contributed by atoms with Gasteiger partial charge in [0, 0.05) is 25.0 Å². The standard InChI is InChI=1S/C17H22N4O3/c1-17(2,3)24-16(22)21-11-5-7-12(8-6-11)23-13-9-10-20-15(19-4)14(13)18/h5-10H,18H2,1-4H3,(H,19,20)(H,21,22). The largest absolute Gasteiger partial charge is 0.455 e. The molecule has 24 heavy (non-hydrogen) atoms. The van der Waals surface area contributed by atoms with Crippen LogP contribution in [0.3, 0.4) is 0 Å². The molecular weight excluding hydrogens is 308 g/mol. The van der Waals surface area contributed by atoms with Crippen molar-refractivity contribution in [1.29, 1.82) is 0 Å². The number of anilines is 3. The number of aromatic nitrogens is 1. The van der Waals surface area contributed by atoms with E-state index in [0.717, 1.165) is 0 Å². The van der Waals surface area contributed by atoms with Gasteiger partial charge in [-0.25, -0.2) is 9.78 Å². The zero-order valence-electron chi connectivity index (χ0n) is 14.2. The molecule has 0 aliphatic heterocycles. The molecule has 2 rings (SSSR count). The Hall–Kier alpha value is -2.96. The van der Waals surface area contributed by atoms with Crippen LogP contribution in [0.4, 0.5) is 22.0 Å². The van der Waals surface area contributed by atoms with Crippen molar-refractivity contribution in [2.45, 2.75) is 26.4 Å². The third kappa shape index (κ3) is 4.77. The molecule has 0 saturated carbocycles. The Labute approximate surface area is 141 Å². The first-order valence-electron chi connectivity index (χ1n) is 7.48. The van der Waals surface area contributed by atoms with E-state index in [0.29, 0.717) is 28.7 Å². The molecule has 0 unspecified atom stereocenters. The predicted molar refractivity (Wildman–Crippen MR) is 94.6 cm³/mol. The third-order valence-corrected chi connectivity index (χ3v) is 2.91. The van der Waals surface area contributed by atoms with Crippen molar-refractivity contribution in [3.63, 3.8) is 0 Å². The summed E-state index contributed by atoms with van der Waals surface area (Å²) < 4.78 is 10.9. The lowest BCUT2D eigenvalue weighted by Gasteiger charge is -2.19. The van der Waals surface area contributed by atoms with Crippen LogP contribution in [0, 0.1) is 0 Å². The summed E-state index contributed by atoms with van der Waals surface area (Å²) in [7, 11) is 1.74. The van der Waals surface area contributed by atoms with E-state index in [-0.39, 0.29) is 0 Å². The zero-order chi connectivity index (χ0) is 17.7. The van der Waals surface area contributed by atoms with Crippen LogP contribution >= 0.6 is 0 Å². The molecule has 128 valence electrons. The molecule has 1 aromatic carbocycles. The number of hydrogen-bond acceptors (Lipinski definition) is 6. The SMILES string of the molecule is CNc1nccc(Oc2ccc(NC(=O)OC(C)(C)C)cc2)c1N. The number of carbonyl (C=O) groups is 1. The monoisotopic (exact) mass is 330 g/mol. The van der Waals surface area contributed by atoms with Crippen LogP contribution in [0.5, 0.6) is 11.5 Å². The number of ether oxygens (including phenoxy) is 2. The quantitative estimate of drug-likeness (QED) is 0.787. The van der Waals surface area contributed by atoms with E-state index in [1.165, 1.54) is 0 Å². The van der Waals surface area contributed by atoms with Crippen LogP contribution in [-0.4, -0.2) is 23.7 Å². The average Bonchev–Trinajstić information content (AvgIpc) is 2.49. The Morgan fingerprint density at radius 1 is 1.17 bits per heavy atom. The van der Waals surface area contributed by atoms with Crippen molar-refractivity contribution in [2.75, 3.05) is 23.4 Å². The van der Waals surface area contributed by atoms with Gasteiger partial charge < -0.3 is 20.5 Å². The van der Waals surface area contributed by atoms with E-state index >= 15 is 0 Å². The molecular formula is C17H22N4O3. The van der Waals surface area contributed by atoms with Crippen LogP contribution in [0.1, 0.15) is 20.8 Å². The first-order valence-corrected chi connectivity index (χ1v) is 7.48. The molecule has 0 atom stereocenters. The molecule has 2 aromatic rings. The molecule has 0 aliphatic carbocycles. The number of pyridine rings is 1. The summed E-state index contributed by atoms with van der Waals surface area (Å²) in [4.78, 5) is 15.8. The van der Waals surface area contributed by atoms with Crippen molar-refractivity contribution >= 4 is 23.3 Å². The Morgan fingerprint density at radius 3 is 2.42 bits per heavy atom. The summed E-state index contributed by atoms with van der Waals surface area (Å²) in [6.45, 7) is 5.42. The predicted octanol–water partition coefficient (Wildman–Crippen LogP) is 3.84. The van der Waals surface area contributed by atoms with Crippen molar-refractivity contribution in [1.82, 2.24) is 4.98 Å². The number of benzene rings is 1. The van der Waals surface area contributed by atoms with E-state index in [9.17, 15) is 4.79 Å². The normalized spacial score (nSPS) is 10.8. The van der Waals surface area contributed by atoms with Gasteiger partial charge in [-0.1, -0.05) is 0 Å². The summed E-state index contributed by atoms with van der Waals surface area (Å²) in [5, 5.41) is 5.55. The topological polar surface area (TPSA) is 98.5 Å². The maximum Gasteiger partial charge on any atom is 0.412 e. The second-order valence-corrected chi connectivity index (χ2v) is 6.07. The number of nitrogens with two attached hydrogens (primary N) is 1. The fourth-order valence-corrected chi connectivity index (χ4v) is 1.90. The molecule has 0 aliphatic rings. The first kappa shape index (κ1) is 17.4. The Kier molecular flexibility index (Phi) is 5.13. The minimum Gasteiger partial charge on any atom is -0.455 e. The number of nitrogen functional groups attached to an aromatic ring is 1. The van der Waals surface area contributed by atoms with Gasteiger partial charge in [0.1, 0.15) is 17.0 Å². The molecule has 0 fully saturated rings. The summed E-state index contributed by atoms with van der Waals surface area (Å²) in [5.41, 5.74) is 6.46. The lowest BCUT2D eigenvalue weighted by atomic mass is 10.2. The molecule has 0 spiro atoms. The molecule has 7 nitrogen and oxygen atoms in total. The molecule has 4 N–H and O–H groups in total. The second-order valence-electron chi connectivity index (χ2n) is 6.07. The highest BCUT2D eigenvalue weighted by molar-refractivity contribution is 5.84. The Balaban J connectivity index is 2.04. The van der Waals surface area contributed by atoms with Crippen LogP contribution < -0.4 is 21.1 Å². The van der Waals surface area contributed by atoms with E-state index in [2.05, 4.69) is 15.6 Å². The van der Waals surface area contributed by atoms with Crippen molar-refractivity contribution < 1.29 is 14.3 Å². The number of nitrogens with zero attached hydrogens (tertiary/aromatic N) is 1. The lowest BCUT2D eigenvalue weighted by Crippen LogP contribution is -2.27. The van der Waals surface area contributed by atoms with Gasteiger partial charge in [0.05, 0.1) is 0 Å². The van der Waals surface area contributed by atoms with Gasteiger partial charge in [0.2, 0.25) is 0 Å². The smallest absolute Gasteiger partial charge is 0.412 e. The van der Waals surface area contributed by atoms with E-state index in [1.54, 1.807) is 43.6 Å². The van der Waals surface area contributed by atoms with Crippen LogP contribution in [-0.2, 0) is 4.74 Å². The van der Waals surface area contributed by atoms with Gasteiger partial charge in [0.15, 0.2) is 11.6 Å². The highest BCUT2D eigenvalue weighted by Gasteiger charge is 2.16. The van der Waals surface area contributed by atoms with Crippen LogP contribution in [0.2, 0.25) is 0 Å². The number of carbonyl (C=O) groups excluding carboxylic acids is 1. The van der Waals surface area contributed by atoms with Gasteiger partial charge in [-0.2, -0.15) is 0 Å². The van der Waals surface area contributed by atoms with Crippen molar-refractivity contribution in [2.24, 2.45) is 0 Å².